The summed E-state index contributed by atoms with van der Waals surface area (Å²) < 4.78 is 359. The molecule has 0 radical (unpaired) electrons. The number of alkyl halides is 24. The largest absolute Gasteiger partial charge is 2.00 e. The van der Waals surface area contributed by atoms with Crippen molar-refractivity contribution in [1.29, 1.82) is 21.0 Å². The van der Waals surface area contributed by atoms with Gasteiger partial charge in [-0.25, -0.2) is 27.5 Å². The number of para-hydroxylation sites is 4. The van der Waals surface area contributed by atoms with E-state index in [1.165, 1.54) is 24.3 Å². The van der Waals surface area contributed by atoms with Crippen LogP contribution in [0.1, 0.15) is 45.6 Å². The zero-order valence-corrected chi connectivity index (χ0v) is 47.7. The fraction of sp³-hybridized carbons (Fsp3) is 0.214. The number of hydrogen-bond donors (Lipinski definition) is 0. The molecule has 16 nitrogen and oxygen atoms in total. The Bertz CT molecular complexity index is 4400. The Morgan fingerprint density at radius 2 is 0.557 bits per heavy atom. The van der Waals surface area contributed by atoms with Crippen LogP contribution in [-0.2, 0) is 0 Å². The second-order valence-corrected chi connectivity index (χ2v) is 19.2. The standard InChI is InChI=1S/C56H20F24N12O4.Mg/c57-45(49(61,62)63)53(73,74)93-29-13-5-1-9-21(29)33-25(17-81)37-85-41(33)89-38-26(18-82)34(22-10-2-6-14-30(22)94-54(75,76)46(58)50(64,65)66)43(86-38)91-40-28(20-84)36(24-12-4-8-16-32(24)96-56(79,80)48(60)52(70,71)72)44(88-40)92-39-27(19-83)35(42(87-39)90-37)23-11-3-7-15-31(23)95-55(77,78)47(59)51(67,68)69;/h1-16,45-48H;/q-2;+2. The first kappa shape index (κ1) is 72.3. The summed E-state index contributed by atoms with van der Waals surface area (Å²) in [6, 6.07) is 16.4. The molecule has 7 aromatic rings. The summed E-state index contributed by atoms with van der Waals surface area (Å²) in [7, 11) is 0. The Hall–Kier alpha value is -10.6. The molecule has 0 spiro atoms. The van der Waals surface area contributed by atoms with Gasteiger partial charge >= 0.3 is 72.2 Å². The molecule has 0 amide bonds. The molecule has 0 saturated heterocycles. The van der Waals surface area contributed by atoms with E-state index in [1.54, 1.807) is 0 Å². The van der Waals surface area contributed by atoms with Gasteiger partial charge in [0.2, 0.25) is 0 Å². The number of nitrogens with zero attached hydrogens (tertiary/aromatic N) is 12. The van der Waals surface area contributed by atoms with Crippen molar-refractivity contribution in [2.45, 2.75) is 73.8 Å². The predicted molar refractivity (Wildman–Crippen MR) is 278 cm³/mol. The number of aromatic nitrogens is 8. The van der Waals surface area contributed by atoms with Crippen molar-refractivity contribution >= 4 is 67.9 Å². The van der Waals surface area contributed by atoms with Gasteiger partial charge < -0.3 is 48.9 Å². The summed E-state index contributed by atoms with van der Waals surface area (Å²) in [5, 5.41) is 43.7. The number of halogens is 24. The first-order valence-corrected chi connectivity index (χ1v) is 25.4. The van der Waals surface area contributed by atoms with Gasteiger partial charge in [-0.2, -0.15) is 109 Å². The van der Waals surface area contributed by atoms with Gasteiger partial charge in [0.25, 0.3) is 24.7 Å². The smallest absolute Gasteiger partial charge is 0.429 e. The van der Waals surface area contributed by atoms with Crippen LogP contribution in [0.5, 0.6) is 23.0 Å². The SMILES string of the molecule is N#CC1=C(c2ccccc2OC(F)(F)C(F)C(F)(F)F)c2nc1nc1[n-]c(nc3nc(nc4[n-]c(n2)c(C#N)c4-c2ccccc2OC(F)(F)C(F)C(F)(F)F)C(C#N)=C3c2ccccc2OC(F)(F)C(F)C(F)(F)F)c(C#N)c1-c1ccccc1OC(F)(F)C(F)C(F)(F)F.[Mg+2]. The van der Waals surface area contributed by atoms with E-state index >= 15 is 35.1 Å². The number of nitriles is 4. The van der Waals surface area contributed by atoms with Crippen LogP contribution in [0, 0.1) is 45.3 Å². The molecular weight excluding hydrogens is 1380 g/mol. The van der Waals surface area contributed by atoms with Gasteiger partial charge in [0.1, 0.15) is 58.9 Å². The predicted octanol–water partition coefficient (Wildman–Crippen LogP) is 14.3. The van der Waals surface area contributed by atoms with E-state index in [0.29, 0.717) is 48.5 Å². The Morgan fingerprint density at radius 1 is 0.320 bits per heavy atom. The van der Waals surface area contributed by atoms with Gasteiger partial charge in [0.05, 0.1) is 33.9 Å². The maximum Gasteiger partial charge on any atom is 2.00 e. The Morgan fingerprint density at radius 3 is 0.804 bits per heavy atom. The summed E-state index contributed by atoms with van der Waals surface area (Å²) in [4.78, 5) is 32.3. The molecule has 0 N–H and O–H groups in total. The zero-order valence-electron chi connectivity index (χ0n) is 46.3. The summed E-state index contributed by atoms with van der Waals surface area (Å²) in [5.74, 6) is -11.4. The molecule has 4 unspecified atom stereocenters. The first-order chi connectivity index (χ1) is 44.6. The molecule has 4 aromatic carbocycles. The van der Waals surface area contributed by atoms with E-state index in [9.17, 15) is 91.3 Å². The topological polar surface area (TPSA) is 238 Å². The molecule has 5 heterocycles. The molecule has 3 aromatic heterocycles. The van der Waals surface area contributed by atoms with Crippen molar-refractivity contribution in [2.75, 3.05) is 0 Å². The van der Waals surface area contributed by atoms with Crippen molar-refractivity contribution in [3.05, 3.63) is 143 Å². The molecule has 498 valence electrons. The van der Waals surface area contributed by atoms with Gasteiger partial charge in [-0.1, -0.05) is 72.8 Å². The molecule has 4 atom stereocenters. The monoisotopic (exact) mass is 1400 g/mol. The van der Waals surface area contributed by atoms with Crippen molar-refractivity contribution in [3.8, 4) is 69.5 Å². The number of allylic oxidation sites excluding steroid dienone is 2. The molecule has 0 saturated carbocycles. The molecule has 2 aliphatic rings. The van der Waals surface area contributed by atoms with Crippen LogP contribution in [0.3, 0.4) is 0 Å². The van der Waals surface area contributed by atoms with Crippen LogP contribution in [0.4, 0.5) is 105 Å². The number of hydrogen-bond acceptors (Lipinski definition) is 14. The fourth-order valence-corrected chi connectivity index (χ4v) is 8.84. The van der Waals surface area contributed by atoms with Gasteiger partial charge in [0, 0.05) is 67.1 Å². The fourth-order valence-electron chi connectivity index (χ4n) is 8.84. The third-order valence-corrected chi connectivity index (χ3v) is 12.9. The Labute approximate surface area is 537 Å². The van der Waals surface area contributed by atoms with Gasteiger partial charge in [-0.3, -0.25) is 0 Å². The molecule has 0 aliphatic carbocycles. The van der Waals surface area contributed by atoms with Crippen molar-refractivity contribution in [1.82, 2.24) is 39.9 Å². The van der Waals surface area contributed by atoms with Crippen LogP contribution in [0.25, 0.3) is 67.1 Å². The third-order valence-electron chi connectivity index (χ3n) is 12.9. The average molecular weight is 1410 g/mol. The minimum Gasteiger partial charge on any atom is -0.429 e. The Balaban J connectivity index is 0.0000120. The summed E-state index contributed by atoms with van der Waals surface area (Å²) in [5.41, 5.74) is -19.2. The minimum absolute atomic E-state index is 0. The average Bonchev–Trinajstić information content (AvgIpc) is 1.59. The van der Waals surface area contributed by atoms with E-state index in [4.69, 9.17) is 0 Å². The van der Waals surface area contributed by atoms with E-state index in [2.05, 4.69) is 58.8 Å². The number of benzene rings is 4. The van der Waals surface area contributed by atoms with Crippen LogP contribution in [0.15, 0.2) is 97.1 Å². The summed E-state index contributed by atoms with van der Waals surface area (Å²) in [6.07, 6.45) is -69.8. The van der Waals surface area contributed by atoms with Crippen LogP contribution < -0.4 is 28.9 Å². The zero-order chi connectivity index (χ0) is 70.8. The second kappa shape index (κ2) is 25.9. The second-order valence-electron chi connectivity index (χ2n) is 19.2. The number of fused-ring (bicyclic) bond motifs is 8. The third kappa shape index (κ3) is 14.1. The molecule has 97 heavy (non-hydrogen) atoms. The van der Waals surface area contributed by atoms with Crippen molar-refractivity contribution in [3.63, 3.8) is 0 Å². The van der Waals surface area contributed by atoms with E-state index in [-0.39, 0.29) is 23.1 Å². The van der Waals surface area contributed by atoms with E-state index in [0.717, 1.165) is 48.5 Å². The first-order valence-electron chi connectivity index (χ1n) is 25.4. The number of rotatable bonds is 16. The quantitative estimate of drug-likeness (QED) is 0.0645. The van der Waals surface area contributed by atoms with Gasteiger partial charge in [0.15, 0.2) is 0 Å². The molecular formula is C56H20F24MgN12O4. The van der Waals surface area contributed by atoms with Crippen LogP contribution in [0.2, 0.25) is 0 Å². The van der Waals surface area contributed by atoms with E-state index < -0.39 is 210 Å². The van der Waals surface area contributed by atoms with Gasteiger partial charge in [-0.05, 0) is 24.3 Å². The molecule has 0 fully saturated rings. The molecule has 8 bridgehead atoms. The summed E-state index contributed by atoms with van der Waals surface area (Å²) >= 11 is 0. The number of ether oxygens (including phenoxy) is 4. The van der Waals surface area contributed by atoms with Crippen LogP contribution >= 0.6 is 0 Å². The normalized spacial score (nSPS) is 14.6. The molecule has 9 rings (SSSR count). The van der Waals surface area contributed by atoms with Crippen molar-refractivity contribution < 1.29 is 124 Å². The molecule has 41 heteroatoms. The van der Waals surface area contributed by atoms with Crippen molar-refractivity contribution in [2.24, 2.45) is 0 Å². The summed E-state index contributed by atoms with van der Waals surface area (Å²) in [6.45, 7) is 0. The maximum absolute atomic E-state index is 15.3. The maximum atomic E-state index is 15.3. The van der Waals surface area contributed by atoms with Crippen LogP contribution in [-0.4, -0.2) is 127 Å². The minimum atomic E-state index is -6.39. The Kier molecular flexibility index (Phi) is 19.3. The van der Waals surface area contributed by atoms with Gasteiger partial charge in [-0.15, -0.1) is 0 Å². The molecule has 2 aliphatic heterocycles. The van der Waals surface area contributed by atoms with E-state index in [1.807, 2.05) is 0 Å².